The fourth-order valence-corrected chi connectivity index (χ4v) is 4.64. The molecule has 0 fully saturated rings. The molecular formula is C21H16F2N2O2S2. The summed E-state index contributed by atoms with van der Waals surface area (Å²) in [5.41, 5.74) is 1.90. The zero-order valence-electron chi connectivity index (χ0n) is 15.4. The van der Waals surface area contributed by atoms with Crippen molar-refractivity contribution in [2.45, 2.75) is 17.5 Å². The highest BCUT2D eigenvalue weighted by Gasteiger charge is 2.14. The normalized spacial score (nSPS) is 11.1. The molecule has 0 saturated carbocycles. The minimum Gasteiger partial charge on any atom is -0.497 e. The molecule has 0 aliphatic heterocycles. The Morgan fingerprint density at radius 3 is 2.48 bits per heavy atom. The van der Waals surface area contributed by atoms with Crippen LogP contribution in [0.2, 0.25) is 0 Å². The lowest BCUT2D eigenvalue weighted by atomic mass is 10.2. The Bertz CT molecular complexity index is 1200. The van der Waals surface area contributed by atoms with Gasteiger partial charge in [-0.2, -0.15) is 0 Å². The van der Waals surface area contributed by atoms with Crippen LogP contribution in [0.15, 0.2) is 63.9 Å². The molecule has 4 rings (SSSR count). The van der Waals surface area contributed by atoms with E-state index >= 15 is 0 Å². The summed E-state index contributed by atoms with van der Waals surface area (Å²) < 4.78 is 34.3. The van der Waals surface area contributed by atoms with Crippen molar-refractivity contribution in [1.82, 2.24) is 9.55 Å². The number of thioether (sulfide) groups is 1. The van der Waals surface area contributed by atoms with Crippen molar-refractivity contribution in [3.63, 3.8) is 0 Å². The molecule has 4 nitrogen and oxygen atoms in total. The number of halogens is 2. The third kappa shape index (κ3) is 4.33. The van der Waals surface area contributed by atoms with Crippen LogP contribution in [-0.4, -0.2) is 16.7 Å². The number of methoxy groups -OCH3 is 1. The molecular weight excluding hydrogens is 414 g/mol. The first kappa shape index (κ1) is 19.6. The Balaban J connectivity index is 1.69. The fraction of sp³-hybridized carbons (Fsp3) is 0.143. The summed E-state index contributed by atoms with van der Waals surface area (Å²) in [6.45, 7) is 0.337. The van der Waals surface area contributed by atoms with Gasteiger partial charge in [0, 0.05) is 11.8 Å². The van der Waals surface area contributed by atoms with Crippen LogP contribution in [-0.2, 0) is 12.3 Å². The summed E-state index contributed by atoms with van der Waals surface area (Å²) in [4.78, 5) is 17.6. The van der Waals surface area contributed by atoms with E-state index < -0.39 is 11.6 Å². The molecule has 0 unspecified atom stereocenters. The molecule has 0 N–H and O–H groups in total. The molecule has 0 amide bonds. The van der Waals surface area contributed by atoms with Crippen molar-refractivity contribution in [3.8, 4) is 5.75 Å². The first-order chi connectivity index (χ1) is 14.0. The summed E-state index contributed by atoms with van der Waals surface area (Å²) in [5, 5.41) is 2.33. The summed E-state index contributed by atoms with van der Waals surface area (Å²) in [5.74, 6) is -0.232. The standard InChI is InChI=1S/C21H16F2N2O2S2/c1-27-17-4-2-13(3-5-17)11-25-20(26)19-18(6-7-28-19)24-21(25)29-12-14-8-15(22)10-16(23)9-14/h2-10H,11-12H2,1H3. The van der Waals surface area contributed by atoms with Gasteiger partial charge in [0.15, 0.2) is 5.16 Å². The van der Waals surface area contributed by atoms with Crippen LogP contribution in [0.3, 0.4) is 0 Å². The predicted molar refractivity (Wildman–Crippen MR) is 112 cm³/mol. The molecule has 2 heterocycles. The molecule has 8 heteroatoms. The molecule has 0 bridgehead atoms. The Labute approximate surface area is 173 Å². The van der Waals surface area contributed by atoms with Crippen molar-refractivity contribution in [1.29, 1.82) is 0 Å². The molecule has 148 valence electrons. The number of hydrogen-bond acceptors (Lipinski definition) is 5. The van der Waals surface area contributed by atoms with Crippen molar-refractivity contribution >= 4 is 33.3 Å². The number of nitrogens with zero attached hydrogens (tertiary/aromatic N) is 2. The summed E-state index contributed by atoms with van der Waals surface area (Å²) in [6.07, 6.45) is 0. The maximum absolute atomic E-state index is 13.5. The molecule has 0 aliphatic rings. The van der Waals surface area contributed by atoms with Crippen LogP contribution in [0.5, 0.6) is 5.75 Å². The van der Waals surface area contributed by atoms with Gasteiger partial charge in [0.05, 0.1) is 19.2 Å². The number of rotatable bonds is 6. The van der Waals surface area contributed by atoms with E-state index in [0.717, 1.165) is 17.4 Å². The van der Waals surface area contributed by atoms with E-state index in [0.29, 0.717) is 33.2 Å². The highest BCUT2D eigenvalue weighted by molar-refractivity contribution is 7.98. The zero-order valence-corrected chi connectivity index (χ0v) is 17.0. The largest absolute Gasteiger partial charge is 0.497 e. The summed E-state index contributed by atoms with van der Waals surface area (Å²) >= 11 is 2.62. The number of benzene rings is 2. The lowest BCUT2D eigenvalue weighted by molar-refractivity contribution is 0.414. The molecule has 2 aromatic heterocycles. The van der Waals surface area contributed by atoms with Crippen LogP contribution in [0.1, 0.15) is 11.1 Å². The van der Waals surface area contributed by atoms with Crippen molar-refractivity contribution < 1.29 is 13.5 Å². The third-order valence-corrected chi connectivity index (χ3v) is 6.26. The lowest BCUT2D eigenvalue weighted by Gasteiger charge is -2.12. The van der Waals surface area contributed by atoms with Crippen LogP contribution in [0.4, 0.5) is 8.78 Å². The maximum atomic E-state index is 13.5. The van der Waals surface area contributed by atoms with Crippen LogP contribution in [0, 0.1) is 11.6 Å². The summed E-state index contributed by atoms with van der Waals surface area (Å²) in [7, 11) is 1.60. The SMILES string of the molecule is COc1ccc(Cn2c(SCc3cc(F)cc(F)c3)nc3ccsc3c2=O)cc1. The first-order valence-corrected chi connectivity index (χ1v) is 10.6. The Kier molecular flexibility index (Phi) is 5.64. The van der Waals surface area contributed by atoms with Gasteiger partial charge in [-0.1, -0.05) is 23.9 Å². The first-order valence-electron chi connectivity index (χ1n) is 8.72. The van der Waals surface area contributed by atoms with Crippen LogP contribution in [0.25, 0.3) is 10.2 Å². The van der Waals surface area contributed by atoms with Gasteiger partial charge in [0.2, 0.25) is 0 Å². The molecule has 0 saturated heterocycles. The minimum atomic E-state index is -0.627. The summed E-state index contributed by atoms with van der Waals surface area (Å²) in [6, 6.07) is 12.6. The number of ether oxygens (including phenoxy) is 1. The monoisotopic (exact) mass is 430 g/mol. The maximum Gasteiger partial charge on any atom is 0.272 e. The average Bonchev–Trinajstić information content (AvgIpc) is 3.17. The molecule has 0 atom stereocenters. The van der Waals surface area contributed by atoms with E-state index in [1.807, 2.05) is 29.6 Å². The quantitative estimate of drug-likeness (QED) is 0.316. The van der Waals surface area contributed by atoms with Crippen molar-refractivity contribution in [2.75, 3.05) is 7.11 Å². The van der Waals surface area contributed by atoms with E-state index in [1.165, 1.54) is 35.2 Å². The van der Waals surface area contributed by atoms with Crippen molar-refractivity contribution in [2.24, 2.45) is 0 Å². The van der Waals surface area contributed by atoms with E-state index in [2.05, 4.69) is 4.98 Å². The second kappa shape index (κ2) is 8.34. The van der Waals surface area contributed by atoms with Gasteiger partial charge < -0.3 is 4.74 Å². The van der Waals surface area contributed by atoms with E-state index in [1.54, 1.807) is 17.7 Å². The van der Waals surface area contributed by atoms with Crippen molar-refractivity contribution in [3.05, 3.63) is 87.0 Å². The van der Waals surface area contributed by atoms with E-state index in [9.17, 15) is 13.6 Å². The Morgan fingerprint density at radius 2 is 1.79 bits per heavy atom. The molecule has 4 aromatic rings. The highest BCUT2D eigenvalue weighted by Crippen LogP contribution is 2.25. The average molecular weight is 431 g/mol. The van der Waals surface area contributed by atoms with E-state index in [-0.39, 0.29) is 5.56 Å². The van der Waals surface area contributed by atoms with E-state index in [4.69, 9.17) is 4.74 Å². The third-order valence-electron chi connectivity index (χ3n) is 4.32. The Hall–Kier alpha value is -2.71. The molecule has 0 radical (unpaired) electrons. The lowest BCUT2D eigenvalue weighted by Crippen LogP contribution is -2.23. The zero-order chi connectivity index (χ0) is 20.4. The second-order valence-electron chi connectivity index (χ2n) is 6.34. The van der Waals surface area contributed by atoms with Gasteiger partial charge in [0.25, 0.3) is 5.56 Å². The number of thiophene rings is 1. The Morgan fingerprint density at radius 1 is 1.07 bits per heavy atom. The molecule has 2 aromatic carbocycles. The smallest absolute Gasteiger partial charge is 0.272 e. The number of fused-ring (bicyclic) bond motifs is 1. The molecule has 0 aliphatic carbocycles. The van der Waals surface area contributed by atoms with Gasteiger partial charge in [0.1, 0.15) is 22.1 Å². The predicted octanol–water partition coefficient (Wildman–Crippen LogP) is 5.09. The van der Waals surface area contributed by atoms with Gasteiger partial charge in [-0.15, -0.1) is 11.3 Å². The van der Waals surface area contributed by atoms with Gasteiger partial charge in [-0.25, -0.2) is 13.8 Å². The topological polar surface area (TPSA) is 44.1 Å². The van der Waals surface area contributed by atoms with Gasteiger partial charge in [-0.3, -0.25) is 9.36 Å². The fourth-order valence-electron chi connectivity index (χ4n) is 2.93. The van der Waals surface area contributed by atoms with Gasteiger partial charge >= 0.3 is 0 Å². The van der Waals surface area contributed by atoms with Gasteiger partial charge in [-0.05, 0) is 46.8 Å². The number of hydrogen-bond donors (Lipinski definition) is 0. The second-order valence-corrected chi connectivity index (χ2v) is 8.19. The highest BCUT2D eigenvalue weighted by atomic mass is 32.2. The molecule has 0 spiro atoms. The van der Waals surface area contributed by atoms with Crippen LogP contribution >= 0.6 is 23.1 Å². The number of aromatic nitrogens is 2. The minimum absolute atomic E-state index is 0.131. The molecule has 29 heavy (non-hydrogen) atoms. The van der Waals surface area contributed by atoms with Crippen LogP contribution < -0.4 is 10.3 Å².